The molecule has 0 amide bonds. The molecular weight excluding hydrogens is 424 g/mol. The fourth-order valence-corrected chi connectivity index (χ4v) is 4.66. The third-order valence-electron chi connectivity index (χ3n) is 6.03. The van der Waals surface area contributed by atoms with Crippen molar-refractivity contribution in [2.45, 2.75) is 12.5 Å². The Morgan fingerprint density at radius 2 is 1.81 bits per heavy atom. The highest BCUT2D eigenvalue weighted by Gasteiger charge is 2.54. The minimum Gasteiger partial charge on any atom is -0.489 e. The summed E-state index contributed by atoms with van der Waals surface area (Å²) in [4.78, 5) is 0. The predicted molar refractivity (Wildman–Crippen MR) is 118 cm³/mol. The summed E-state index contributed by atoms with van der Waals surface area (Å²) in [5, 5.41) is 30.7. The zero-order chi connectivity index (χ0) is 22.7. The Hall–Kier alpha value is -3.76. The molecule has 158 valence electrons. The molecule has 0 saturated heterocycles. The van der Waals surface area contributed by atoms with E-state index < -0.39 is 17.3 Å². The normalized spacial score (nSPS) is 21.4. The molecule has 0 bridgehead atoms. The van der Waals surface area contributed by atoms with Crippen molar-refractivity contribution in [3.8, 4) is 24.0 Å². The summed E-state index contributed by atoms with van der Waals surface area (Å²) in [5.41, 5.74) is 6.93. The summed E-state index contributed by atoms with van der Waals surface area (Å²) in [6, 6.07) is 21.0. The number of benzene rings is 2. The largest absolute Gasteiger partial charge is 0.489 e. The van der Waals surface area contributed by atoms with Crippen LogP contribution in [0.3, 0.4) is 0 Å². The average molecular weight is 443 g/mol. The highest BCUT2D eigenvalue weighted by molar-refractivity contribution is 6.31. The molecule has 1 aliphatic carbocycles. The van der Waals surface area contributed by atoms with Crippen LogP contribution >= 0.6 is 11.6 Å². The second kappa shape index (κ2) is 8.77. The number of allylic oxidation sites excluding steroid dienone is 2. The van der Waals surface area contributed by atoms with Gasteiger partial charge in [-0.3, -0.25) is 0 Å². The molecule has 0 spiro atoms. The number of fused-ring (bicyclic) bond motifs is 1. The average Bonchev–Trinajstić information content (AvgIpc) is 2.83. The zero-order valence-electron chi connectivity index (χ0n) is 17.1. The molecule has 4 rings (SSSR count). The third-order valence-corrected chi connectivity index (χ3v) is 6.40. The highest BCUT2D eigenvalue weighted by atomic mass is 35.5. The van der Waals surface area contributed by atoms with Gasteiger partial charge in [0.05, 0.1) is 36.6 Å². The van der Waals surface area contributed by atoms with Crippen LogP contribution in [0.2, 0.25) is 5.02 Å². The summed E-state index contributed by atoms with van der Waals surface area (Å²) in [7, 11) is 0. The van der Waals surface area contributed by atoms with Gasteiger partial charge in [-0.25, -0.2) is 0 Å². The van der Waals surface area contributed by atoms with Crippen molar-refractivity contribution >= 4 is 11.6 Å². The van der Waals surface area contributed by atoms with Crippen molar-refractivity contribution in [2.24, 2.45) is 17.1 Å². The minimum atomic E-state index is -1.74. The van der Waals surface area contributed by atoms with E-state index in [-0.39, 0.29) is 24.5 Å². The quantitative estimate of drug-likeness (QED) is 0.751. The smallest absolute Gasteiger partial charge is 0.191 e. The summed E-state index contributed by atoms with van der Waals surface area (Å²) in [6.07, 6.45) is 1.80. The van der Waals surface area contributed by atoms with Crippen molar-refractivity contribution in [3.05, 3.63) is 87.6 Å². The lowest BCUT2D eigenvalue weighted by Crippen LogP contribution is -2.44. The van der Waals surface area contributed by atoms with Crippen LogP contribution in [0.25, 0.3) is 0 Å². The number of halogens is 1. The lowest BCUT2D eigenvalue weighted by atomic mass is 9.58. The Morgan fingerprint density at radius 1 is 1.09 bits per heavy atom. The number of rotatable bonds is 4. The van der Waals surface area contributed by atoms with E-state index in [2.05, 4.69) is 18.2 Å². The molecule has 0 saturated carbocycles. The molecule has 0 aromatic heterocycles. The van der Waals surface area contributed by atoms with Crippen molar-refractivity contribution in [1.82, 2.24) is 0 Å². The number of hydrogen-bond acceptors (Lipinski definition) is 6. The van der Waals surface area contributed by atoms with Crippen LogP contribution in [0, 0.1) is 45.3 Å². The molecule has 2 aromatic carbocycles. The summed E-state index contributed by atoms with van der Waals surface area (Å²) < 4.78 is 11.8. The predicted octanol–water partition coefficient (Wildman–Crippen LogP) is 4.36. The van der Waals surface area contributed by atoms with Crippen LogP contribution in [0.4, 0.5) is 0 Å². The number of ether oxygens (including phenoxy) is 2. The molecule has 2 N–H and O–H groups in total. The molecule has 32 heavy (non-hydrogen) atoms. The van der Waals surface area contributed by atoms with Gasteiger partial charge in [-0.15, -0.1) is 0 Å². The maximum atomic E-state index is 10.2. The number of nitriles is 3. The SMILES string of the molecule is N#CC1=C(N)C(C#N)(C#N)[C@@H](c2ccccc2OCc2ccccc2Cl)[C@@H]2COCC=C12. The molecule has 2 atom stereocenters. The lowest BCUT2D eigenvalue weighted by molar-refractivity contribution is 0.0970. The number of nitrogens with two attached hydrogens (primary N) is 1. The molecule has 6 nitrogen and oxygen atoms in total. The molecule has 0 radical (unpaired) electrons. The van der Waals surface area contributed by atoms with Crippen molar-refractivity contribution < 1.29 is 9.47 Å². The number of nitrogens with zero attached hydrogens (tertiary/aromatic N) is 3. The minimum absolute atomic E-state index is 0.0275. The van der Waals surface area contributed by atoms with E-state index in [0.29, 0.717) is 28.5 Å². The van der Waals surface area contributed by atoms with E-state index in [1.54, 1.807) is 18.2 Å². The molecule has 1 heterocycles. The standard InChI is InChI=1S/C25H19ClN4O2/c26-21-7-3-1-5-16(21)12-32-22-8-4-2-6-18(22)23-20-13-31-10-9-17(20)19(11-27)24(30)25(23,14-28)15-29/h1-9,20,23H,10,12-13,30H2/t20-,23+/m1/s1. The van der Waals surface area contributed by atoms with Crippen LogP contribution in [0.5, 0.6) is 5.75 Å². The van der Waals surface area contributed by atoms with E-state index in [4.69, 9.17) is 26.8 Å². The molecule has 2 aliphatic rings. The first kappa shape index (κ1) is 21.5. The van der Waals surface area contributed by atoms with Crippen molar-refractivity contribution in [2.75, 3.05) is 13.2 Å². The van der Waals surface area contributed by atoms with Crippen LogP contribution in [0.1, 0.15) is 17.0 Å². The Labute approximate surface area is 191 Å². The molecular formula is C25H19ClN4O2. The monoisotopic (exact) mass is 442 g/mol. The van der Waals surface area contributed by atoms with E-state index in [0.717, 1.165) is 5.56 Å². The van der Waals surface area contributed by atoms with E-state index in [9.17, 15) is 15.8 Å². The fraction of sp³-hybridized carbons (Fsp3) is 0.240. The topological polar surface area (TPSA) is 116 Å². The molecule has 2 aromatic rings. The number of para-hydroxylation sites is 1. The molecule has 0 unspecified atom stereocenters. The van der Waals surface area contributed by atoms with Gasteiger partial charge < -0.3 is 15.2 Å². The summed E-state index contributed by atoms with van der Waals surface area (Å²) in [5.74, 6) is -0.552. The Kier molecular flexibility index (Phi) is 5.89. The van der Waals surface area contributed by atoms with Gasteiger partial charge in [-0.2, -0.15) is 15.8 Å². The first-order chi connectivity index (χ1) is 15.6. The van der Waals surface area contributed by atoms with E-state index in [1.165, 1.54) is 0 Å². The van der Waals surface area contributed by atoms with E-state index in [1.807, 2.05) is 36.4 Å². The van der Waals surface area contributed by atoms with Gasteiger partial charge in [0.1, 0.15) is 18.4 Å². The maximum absolute atomic E-state index is 10.2. The van der Waals surface area contributed by atoms with Crippen LogP contribution in [0.15, 0.2) is 71.5 Å². The summed E-state index contributed by atoms with van der Waals surface area (Å²) >= 11 is 6.27. The van der Waals surface area contributed by atoms with Gasteiger partial charge in [-0.05, 0) is 17.7 Å². The van der Waals surface area contributed by atoms with Crippen LogP contribution in [-0.4, -0.2) is 13.2 Å². The molecule has 7 heteroatoms. The zero-order valence-corrected chi connectivity index (χ0v) is 17.8. The first-order valence-corrected chi connectivity index (χ1v) is 10.4. The maximum Gasteiger partial charge on any atom is 0.191 e. The second-order valence-electron chi connectivity index (χ2n) is 7.63. The number of hydrogen-bond donors (Lipinski definition) is 1. The Balaban J connectivity index is 1.84. The lowest BCUT2D eigenvalue weighted by Gasteiger charge is -2.43. The van der Waals surface area contributed by atoms with Gasteiger partial charge in [0.25, 0.3) is 0 Å². The van der Waals surface area contributed by atoms with Crippen molar-refractivity contribution in [1.29, 1.82) is 15.8 Å². The second-order valence-corrected chi connectivity index (χ2v) is 8.04. The van der Waals surface area contributed by atoms with Gasteiger partial charge in [0.2, 0.25) is 0 Å². The first-order valence-electron chi connectivity index (χ1n) is 10.0. The Morgan fingerprint density at radius 3 is 2.53 bits per heavy atom. The van der Waals surface area contributed by atoms with Crippen LogP contribution in [-0.2, 0) is 11.3 Å². The highest BCUT2D eigenvalue weighted by Crippen LogP contribution is 2.55. The molecule has 1 aliphatic heterocycles. The van der Waals surface area contributed by atoms with Gasteiger partial charge >= 0.3 is 0 Å². The van der Waals surface area contributed by atoms with Crippen molar-refractivity contribution in [3.63, 3.8) is 0 Å². The van der Waals surface area contributed by atoms with Gasteiger partial charge in [0, 0.05) is 28.0 Å². The fourth-order valence-electron chi connectivity index (χ4n) is 4.47. The third kappa shape index (κ3) is 3.39. The molecule has 0 fully saturated rings. The Bertz CT molecular complexity index is 1230. The summed E-state index contributed by atoms with van der Waals surface area (Å²) in [6.45, 7) is 0.820. The van der Waals surface area contributed by atoms with E-state index >= 15 is 0 Å². The van der Waals surface area contributed by atoms with Gasteiger partial charge in [-0.1, -0.05) is 54.1 Å². The van der Waals surface area contributed by atoms with Gasteiger partial charge in [0.15, 0.2) is 5.41 Å². The van der Waals surface area contributed by atoms with Crippen LogP contribution < -0.4 is 10.5 Å².